The Balaban J connectivity index is 2.35. The molecule has 3 heteroatoms. The molecule has 0 bridgehead atoms. The van der Waals surface area contributed by atoms with Crippen LogP contribution in [0.25, 0.3) is 0 Å². The fraction of sp³-hybridized carbons (Fsp3) is 0.529. The van der Waals surface area contributed by atoms with Crippen LogP contribution in [0.15, 0.2) is 23.2 Å². The lowest BCUT2D eigenvalue weighted by atomic mass is 9.96. The minimum Gasteiger partial charge on any atom is -0.475 e. The fourth-order valence-electron chi connectivity index (χ4n) is 2.44. The van der Waals surface area contributed by atoms with Gasteiger partial charge in [0.15, 0.2) is 0 Å². The van der Waals surface area contributed by atoms with Crippen molar-refractivity contribution < 1.29 is 4.74 Å². The maximum Gasteiger partial charge on any atom is 0.217 e. The van der Waals surface area contributed by atoms with E-state index in [2.05, 4.69) is 31.8 Å². The number of nitriles is 1. The lowest BCUT2D eigenvalue weighted by molar-refractivity contribution is 0.279. The normalized spacial score (nSPS) is 16.4. The Kier molecular flexibility index (Phi) is 4.44. The van der Waals surface area contributed by atoms with Gasteiger partial charge in [0, 0.05) is 5.56 Å². The van der Waals surface area contributed by atoms with E-state index in [1.807, 2.05) is 18.2 Å². The molecule has 1 aromatic rings. The highest BCUT2D eigenvalue weighted by atomic mass is 16.5. The van der Waals surface area contributed by atoms with Gasteiger partial charge in [-0.15, -0.1) is 0 Å². The van der Waals surface area contributed by atoms with Crippen molar-refractivity contribution in [3.63, 3.8) is 0 Å². The van der Waals surface area contributed by atoms with Crippen LogP contribution in [0.1, 0.15) is 56.7 Å². The fourth-order valence-corrected chi connectivity index (χ4v) is 2.44. The third-order valence-corrected chi connectivity index (χ3v) is 3.52. The number of ether oxygens (including phenoxy) is 1. The van der Waals surface area contributed by atoms with Gasteiger partial charge in [-0.1, -0.05) is 25.8 Å². The molecule has 0 aliphatic carbocycles. The number of rotatable bonds is 5. The Morgan fingerprint density at radius 3 is 2.75 bits per heavy atom. The molecule has 2 rings (SSSR count). The summed E-state index contributed by atoms with van der Waals surface area (Å²) in [6.45, 7) is 6.91. The zero-order valence-corrected chi connectivity index (χ0v) is 12.6. The van der Waals surface area contributed by atoms with Crippen molar-refractivity contribution in [1.29, 1.82) is 5.26 Å². The van der Waals surface area contributed by atoms with E-state index in [-0.39, 0.29) is 5.54 Å². The Labute approximate surface area is 121 Å². The molecule has 0 saturated heterocycles. The molecule has 0 amide bonds. The molecule has 0 N–H and O–H groups in total. The second-order valence-electron chi connectivity index (χ2n) is 5.92. The summed E-state index contributed by atoms with van der Waals surface area (Å²) >= 11 is 0. The van der Waals surface area contributed by atoms with Gasteiger partial charge in [-0.3, -0.25) is 0 Å². The van der Waals surface area contributed by atoms with Crippen molar-refractivity contribution in [3.05, 3.63) is 34.9 Å². The third-order valence-electron chi connectivity index (χ3n) is 3.52. The molecule has 0 spiro atoms. The van der Waals surface area contributed by atoms with E-state index < -0.39 is 0 Å². The lowest BCUT2D eigenvalue weighted by Crippen LogP contribution is -2.17. The van der Waals surface area contributed by atoms with E-state index in [4.69, 9.17) is 4.74 Å². The molecule has 3 nitrogen and oxygen atoms in total. The Morgan fingerprint density at radius 2 is 2.15 bits per heavy atom. The van der Waals surface area contributed by atoms with Crippen LogP contribution in [0, 0.1) is 11.3 Å². The number of benzene rings is 1. The smallest absolute Gasteiger partial charge is 0.217 e. The summed E-state index contributed by atoms with van der Waals surface area (Å²) in [5, 5.41) is 9.31. The van der Waals surface area contributed by atoms with Gasteiger partial charge in [-0.05, 0) is 44.4 Å². The molecule has 1 aliphatic rings. The first-order valence-corrected chi connectivity index (χ1v) is 7.32. The number of hydrogen-bond donors (Lipinski definition) is 0. The van der Waals surface area contributed by atoms with Gasteiger partial charge >= 0.3 is 0 Å². The van der Waals surface area contributed by atoms with Gasteiger partial charge in [0.1, 0.15) is 6.61 Å². The van der Waals surface area contributed by atoms with Gasteiger partial charge in [0.05, 0.1) is 17.2 Å². The van der Waals surface area contributed by atoms with Gasteiger partial charge in [0.2, 0.25) is 5.90 Å². The van der Waals surface area contributed by atoms with Crippen molar-refractivity contribution in [2.45, 2.75) is 52.0 Å². The van der Waals surface area contributed by atoms with E-state index in [1.54, 1.807) is 0 Å². The van der Waals surface area contributed by atoms with Crippen LogP contribution in [0.4, 0.5) is 0 Å². The molecule has 1 heterocycles. The monoisotopic (exact) mass is 270 g/mol. The first kappa shape index (κ1) is 14.6. The minimum absolute atomic E-state index is 0.168. The molecular formula is C17H22N2O. The molecule has 0 fully saturated rings. The van der Waals surface area contributed by atoms with Crippen LogP contribution in [-0.4, -0.2) is 18.0 Å². The summed E-state index contributed by atoms with van der Waals surface area (Å²) in [7, 11) is 0. The maximum absolute atomic E-state index is 9.31. The van der Waals surface area contributed by atoms with Crippen LogP contribution < -0.4 is 0 Å². The maximum atomic E-state index is 9.31. The molecule has 0 aromatic heterocycles. The lowest BCUT2D eigenvalue weighted by Gasteiger charge is -2.10. The van der Waals surface area contributed by atoms with Crippen molar-refractivity contribution in [2.24, 2.45) is 4.99 Å². The predicted octanol–water partition coefficient (Wildman–Crippen LogP) is 3.85. The highest BCUT2D eigenvalue weighted by Crippen LogP contribution is 2.25. The molecule has 0 atom stereocenters. The Bertz CT molecular complexity index is 553. The molecule has 0 saturated carbocycles. The van der Waals surface area contributed by atoms with Crippen molar-refractivity contribution in [3.8, 4) is 6.07 Å². The van der Waals surface area contributed by atoms with Crippen LogP contribution in [0.3, 0.4) is 0 Å². The SMILES string of the molecule is CCCCCc1c(C#N)cccc1C1=NC(C)(C)CO1. The van der Waals surface area contributed by atoms with Crippen molar-refractivity contribution in [1.82, 2.24) is 0 Å². The van der Waals surface area contributed by atoms with Gasteiger partial charge in [0.25, 0.3) is 0 Å². The van der Waals surface area contributed by atoms with Crippen LogP contribution in [0.2, 0.25) is 0 Å². The zero-order valence-electron chi connectivity index (χ0n) is 12.6. The standard InChI is InChI=1S/C17H22N2O/c1-4-5-6-9-14-13(11-18)8-7-10-15(14)16-19-17(2,3)12-20-16/h7-8,10H,4-6,9,12H2,1-3H3. The predicted molar refractivity (Wildman–Crippen MR) is 81.0 cm³/mol. The number of aliphatic imine (C=N–C) groups is 1. The van der Waals surface area contributed by atoms with Crippen LogP contribution >= 0.6 is 0 Å². The molecular weight excluding hydrogens is 248 g/mol. The third kappa shape index (κ3) is 3.19. The number of hydrogen-bond acceptors (Lipinski definition) is 3. The van der Waals surface area contributed by atoms with Gasteiger partial charge in [-0.25, -0.2) is 4.99 Å². The summed E-state index contributed by atoms with van der Waals surface area (Å²) in [4.78, 5) is 4.64. The molecule has 0 unspecified atom stereocenters. The molecule has 106 valence electrons. The summed E-state index contributed by atoms with van der Waals surface area (Å²) in [5.41, 5.74) is 2.65. The van der Waals surface area contributed by atoms with Gasteiger partial charge in [-0.2, -0.15) is 5.26 Å². The molecule has 1 aliphatic heterocycles. The van der Waals surface area contributed by atoms with E-state index >= 15 is 0 Å². The highest BCUT2D eigenvalue weighted by Gasteiger charge is 2.28. The number of nitrogens with zero attached hydrogens (tertiary/aromatic N) is 2. The summed E-state index contributed by atoms with van der Waals surface area (Å²) in [5.74, 6) is 0.693. The summed E-state index contributed by atoms with van der Waals surface area (Å²) < 4.78 is 5.74. The van der Waals surface area contributed by atoms with Crippen molar-refractivity contribution in [2.75, 3.05) is 6.61 Å². The van der Waals surface area contributed by atoms with Crippen LogP contribution in [0.5, 0.6) is 0 Å². The Morgan fingerprint density at radius 1 is 1.35 bits per heavy atom. The number of unbranched alkanes of at least 4 members (excludes halogenated alkanes) is 2. The second kappa shape index (κ2) is 6.09. The largest absolute Gasteiger partial charge is 0.475 e. The molecule has 1 aromatic carbocycles. The Hall–Kier alpha value is -1.82. The molecule has 0 radical (unpaired) electrons. The first-order chi connectivity index (χ1) is 9.57. The highest BCUT2D eigenvalue weighted by molar-refractivity contribution is 5.97. The second-order valence-corrected chi connectivity index (χ2v) is 5.92. The zero-order chi connectivity index (χ0) is 14.6. The minimum atomic E-state index is -0.168. The van der Waals surface area contributed by atoms with Crippen molar-refractivity contribution >= 4 is 5.90 Å². The first-order valence-electron chi connectivity index (χ1n) is 7.32. The summed E-state index contributed by atoms with van der Waals surface area (Å²) in [6, 6.07) is 8.10. The average molecular weight is 270 g/mol. The van der Waals surface area contributed by atoms with Crippen LogP contribution in [-0.2, 0) is 11.2 Å². The van der Waals surface area contributed by atoms with E-state index in [9.17, 15) is 5.26 Å². The van der Waals surface area contributed by atoms with E-state index in [0.29, 0.717) is 12.5 Å². The molecule has 20 heavy (non-hydrogen) atoms. The average Bonchev–Trinajstić information content (AvgIpc) is 2.79. The van der Waals surface area contributed by atoms with E-state index in [1.165, 1.54) is 12.8 Å². The summed E-state index contributed by atoms with van der Waals surface area (Å²) in [6.07, 6.45) is 4.36. The van der Waals surface area contributed by atoms with E-state index in [0.717, 1.165) is 29.5 Å². The quantitative estimate of drug-likeness (QED) is 0.763. The van der Waals surface area contributed by atoms with Gasteiger partial charge < -0.3 is 4.74 Å². The topological polar surface area (TPSA) is 45.4 Å².